The Kier molecular flexibility index (Phi) is 6.09. The molecular weight excluding hydrogens is 226 g/mol. The molecule has 0 unspecified atom stereocenters. The van der Waals surface area contributed by atoms with Crippen molar-refractivity contribution < 1.29 is 22.6 Å². The predicted molar refractivity (Wildman–Crippen MR) is 58.2 cm³/mol. The largest absolute Gasteiger partial charge is 1.00 e. The molecule has 0 radical (unpaired) electrons. The fourth-order valence-corrected chi connectivity index (χ4v) is 2.40. The van der Waals surface area contributed by atoms with E-state index in [-0.39, 0.29) is 18.4 Å². The zero-order valence-corrected chi connectivity index (χ0v) is 10.6. The third-order valence-corrected chi connectivity index (χ3v) is 3.35. The summed E-state index contributed by atoms with van der Waals surface area (Å²) in [5, 5.41) is 2.19. The number of hydrogen-bond acceptors (Lipinski definition) is 2. The molecule has 0 spiro atoms. The predicted octanol–water partition coefficient (Wildman–Crippen LogP) is -2.44. The van der Waals surface area contributed by atoms with Gasteiger partial charge >= 0.3 is 6.03 Å². The van der Waals surface area contributed by atoms with Gasteiger partial charge in [-0.1, -0.05) is 6.42 Å². The first-order valence-electron chi connectivity index (χ1n) is 6.24. The quantitative estimate of drug-likeness (QED) is 0.523. The molecule has 2 amide bonds. The van der Waals surface area contributed by atoms with Gasteiger partial charge in [0.25, 0.3) is 0 Å². The van der Waals surface area contributed by atoms with Crippen LogP contribution in [0, 0.1) is 0 Å². The van der Waals surface area contributed by atoms with E-state index < -0.39 is 0 Å². The smallest absolute Gasteiger partial charge is 0.435 e. The van der Waals surface area contributed by atoms with E-state index >= 15 is 0 Å². The van der Waals surface area contributed by atoms with Crippen molar-refractivity contribution in [3.63, 3.8) is 0 Å². The summed E-state index contributed by atoms with van der Waals surface area (Å²) in [6.45, 7) is 4.06. The number of carbonyl (C=O) groups is 1. The van der Waals surface area contributed by atoms with Gasteiger partial charge in [-0.25, -0.2) is 4.79 Å². The topological polar surface area (TPSA) is 40.2 Å². The van der Waals surface area contributed by atoms with E-state index in [4.69, 9.17) is 0 Å². The van der Waals surface area contributed by atoms with Gasteiger partial charge in [0, 0.05) is 26.2 Å². The molecule has 0 bridgehead atoms. The third-order valence-electron chi connectivity index (χ3n) is 3.35. The van der Waals surface area contributed by atoms with E-state index in [2.05, 4.69) is 5.01 Å². The minimum Gasteiger partial charge on any atom is -1.00 e. The van der Waals surface area contributed by atoms with Crippen LogP contribution in [0.3, 0.4) is 0 Å². The Morgan fingerprint density at radius 1 is 0.812 bits per heavy atom. The van der Waals surface area contributed by atoms with Crippen molar-refractivity contribution in [1.82, 2.24) is 9.91 Å². The average Bonchev–Trinajstić information content (AvgIpc) is 2.31. The SMILES string of the molecule is O=C([NH2+]N1CCCCC1)N1CCCCC1.[Cl-]. The first kappa shape index (κ1) is 13.7. The molecule has 4 nitrogen and oxygen atoms in total. The van der Waals surface area contributed by atoms with Crippen LogP contribution < -0.4 is 17.8 Å². The highest BCUT2D eigenvalue weighted by molar-refractivity contribution is 5.63. The second kappa shape index (κ2) is 7.09. The van der Waals surface area contributed by atoms with Crippen molar-refractivity contribution in [2.45, 2.75) is 38.5 Å². The maximum absolute atomic E-state index is 11.9. The first-order valence-corrected chi connectivity index (χ1v) is 6.24. The van der Waals surface area contributed by atoms with Crippen LogP contribution in [0.25, 0.3) is 0 Å². The number of urea groups is 1. The van der Waals surface area contributed by atoms with Gasteiger partial charge in [0.2, 0.25) is 0 Å². The molecule has 0 saturated carbocycles. The van der Waals surface area contributed by atoms with E-state index in [1.165, 1.54) is 38.5 Å². The first-order chi connectivity index (χ1) is 7.36. The Hall–Kier alpha value is -0.320. The second-order valence-corrected chi connectivity index (χ2v) is 4.61. The molecule has 2 saturated heterocycles. The Labute approximate surface area is 104 Å². The van der Waals surface area contributed by atoms with Gasteiger partial charge in [-0.3, -0.25) is 4.90 Å². The van der Waals surface area contributed by atoms with Gasteiger partial charge in [0.1, 0.15) is 0 Å². The summed E-state index contributed by atoms with van der Waals surface area (Å²) < 4.78 is 0. The number of halogens is 1. The molecule has 2 fully saturated rings. The van der Waals surface area contributed by atoms with Crippen molar-refractivity contribution in [2.75, 3.05) is 26.2 Å². The molecule has 5 heteroatoms. The summed E-state index contributed by atoms with van der Waals surface area (Å²) in [4.78, 5) is 13.9. The number of hydrogen-bond donors (Lipinski definition) is 1. The number of nitrogens with two attached hydrogens (primary N) is 1. The van der Waals surface area contributed by atoms with Crippen LogP contribution in [0.4, 0.5) is 4.79 Å². The summed E-state index contributed by atoms with van der Waals surface area (Å²) in [5.74, 6) is 0. The minimum absolute atomic E-state index is 0. The molecule has 0 aromatic heterocycles. The summed E-state index contributed by atoms with van der Waals surface area (Å²) in [6, 6.07) is 0.233. The van der Waals surface area contributed by atoms with Crippen molar-refractivity contribution in [1.29, 1.82) is 0 Å². The highest BCUT2D eigenvalue weighted by Gasteiger charge is 2.23. The van der Waals surface area contributed by atoms with Crippen molar-refractivity contribution in [3.8, 4) is 0 Å². The van der Waals surface area contributed by atoms with Gasteiger partial charge in [0.15, 0.2) is 0 Å². The molecule has 2 rings (SSSR count). The van der Waals surface area contributed by atoms with Gasteiger partial charge < -0.3 is 12.4 Å². The number of quaternary nitrogens is 1. The molecule has 0 aliphatic carbocycles. The maximum atomic E-state index is 11.9. The lowest BCUT2D eigenvalue weighted by atomic mass is 10.1. The number of primary amides is 1. The van der Waals surface area contributed by atoms with Gasteiger partial charge in [0.05, 0.1) is 0 Å². The Balaban J connectivity index is 0.00000128. The molecule has 2 aliphatic rings. The molecule has 0 atom stereocenters. The Bertz CT molecular complexity index is 213. The number of piperidine rings is 2. The second-order valence-electron chi connectivity index (χ2n) is 4.61. The van der Waals surface area contributed by atoms with E-state index in [0.29, 0.717) is 0 Å². The summed E-state index contributed by atoms with van der Waals surface area (Å²) in [7, 11) is 0. The number of amides is 2. The van der Waals surface area contributed by atoms with Gasteiger partial charge in [-0.05, 0) is 32.1 Å². The molecule has 2 N–H and O–H groups in total. The fraction of sp³-hybridized carbons (Fsp3) is 0.909. The van der Waals surface area contributed by atoms with Crippen molar-refractivity contribution in [2.24, 2.45) is 0 Å². The lowest BCUT2D eigenvalue weighted by Crippen LogP contribution is -3.00. The fourth-order valence-electron chi connectivity index (χ4n) is 2.40. The standard InChI is InChI=1S/C11H21N3O.ClH/c15-11(13-7-3-1-4-8-13)12-14-9-5-2-6-10-14;/h1-10H2,(H,12,15);1H. The maximum Gasteiger partial charge on any atom is 0.435 e. The Morgan fingerprint density at radius 2 is 1.31 bits per heavy atom. The summed E-state index contributed by atoms with van der Waals surface area (Å²) in [5.41, 5.74) is 1.84. The number of rotatable bonds is 1. The highest BCUT2D eigenvalue weighted by atomic mass is 35.5. The molecule has 0 aromatic rings. The van der Waals surface area contributed by atoms with Crippen molar-refractivity contribution >= 4 is 6.03 Å². The van der Waals surface area contributed by atoms with Crippen LogP contribution in [0.1, 0.15) is 38.5 Å². The normalized spacial score (nSPS) is 22.6. The Morgan fingerprint density at radius 3 is 1.88 bits per heavy atom. The monoisotopic (exact) mass is 247 g/mol. The molecular formula is C11H22ClN3O. The lowest BCUT2D eigenvalue weighted by Gasteiger charge is -2.28. The molecule has 2 aliphatic heterocycles. The zero-order chi connectivity index (χ0) is 10.5. The zero-order valence-electron chi connectivity index (χ0n) is 9.83. The number of likely N-dealkylation sites (tertiary alicyclic amines) is 1. The highest BCUT2D eigenvalue weighted by Crippen LogP contribution is 2.08. The van der Waals surface area contributed by atoms with Gasteiger partial charge in [-0.2, -0.15) is 5.43 Å². The van der Waals surface area contributed by atoms with Crippen LogP contribution in [-0.4, -0.2) is 42.1 Å². The van der Waals surface area contributed by atoms with Crippen LogP contribution >= 0.6 is 0 Å². The average molecular weight is 248 g/mol. The number of nitrogens with zero attached hydrogens (tertiary/aromatic N) is 2. The third kappa shape index (κ3) is 3.92. The molecule has 0 aromatic carbocycles. The van der Waals surface area contributed by atoms with Gasteiger partial charge in [-0.15, -0.1) is 5.01 Å². The summed E-state index contributed by atoms with van der Waals surface area (Å²) >= 11 is 0. The van der Waals surface area contributed by atoms with Crippen molar-refractivity contribution in [3.05, 3.63) is 0 Å². The van der Waals surface area contributed by atoms with Crippen LogP contribution in [-0.2, 0) is 0 Å². The van der Waals surface area contributed by atoms with E-state index in [1.54, 1.807) is 0 Å². The molecule has 94 valence electrons. The minimum atomic E-state index is 0. The van der Waals surface area contributed by atoms with Crippen LogP contribution in [0.15, 0.2) is 0 Å². The van der Waals surface area contributed by atoms with E-state index in [9.17, 15) is 4.79 Å². The lowest BCUT2D eigenvalue weighted by molar-refractivity contribution is -0.729. The van der Waals surface area contributed by atoms with Crippen LogP contribution in [0.5, 0.6) is 0 Å². The molecule has 16 heavy (non-hydrogen) atoms. The number of carbonyl (C=O) groups excluding carboxylic acids is 1. The van der Waals surface area contributed by atoms with E-state index in [1.807, 2.05) is 10.3 Å². The van der Waals surface area contributed by atoms with E-state index in [0.717, 1.165) is 26.2 Å². The summed E-state index contributed by atoms with van der Waals surface area (Å²) in [6.07, 6.45) is 7.45. The molecule has 2 heterocycles. The van der Waals surface area contributed by atoms with Crippen LogP contribution in [0.2, 0.25) is 0 Å².